The Balaban J connectivity index is 1.80. The van der Waals surface area contributed by atoms with Crippen LogP contribution in [0, 0.1) is 5.92 Å². The summed E-state index contributed by atoms with van der Waals surface area (Å²) in [5.74, 6) is -0.512. The molecule has 5 nitrogen and oxygen atoms in total. The van der Waals surface area contributed by atoms with Crippen molar-refractivity contribution in [2.24, 2.45) is 5.92 Å². The number of nitrogens with one attached hydrogen (secondary N) is 2. The first-order valence-electron chi connectivity index (χ1n) is 7.05. The number of nitrogens with zero attached hydrogens (tertiary/aromatic N) is 2. The van der Waals surface area contributed by atoms with Gasteiger partial charge in [-0.05, 0) is 24.8 Å². The minimum atomic E-state index is -4.41. The topological polar surface area (TPSA) is 59.0 Å². The van der Waals surface area contributed by atoms with Crippen LogP contribution in [0.2, 0.25) is 0 Å². The van der Waals surface area contributed by atoms with E-state index < -0.39 is 24.2 Å². The van der Waals surface area contributed by atoms with Crippen LogP contribution in [-0.4, -0.2) is 34.6 Å². The molecule has 1 aromatic rings. The maximum atomic E-state index is 13.0. The second-order valence-corrected chi connectivity index (χ2v) is 5.23. The lowest BCUT2D eigenvalue weighted by Crippen LogP contribution is -2.53. The van der Waals surface area contributed by atoms with Gasteiger partial charge in [-0.15, -0.1) is 0 Å². The zero-order chi connectivity index (χ0) is 15.3. The second-order valence-electron chi connectivity index (χ2n) is 5.23. The van der Waals surface area contributed by atoms with E-state index in [1.54, 1.807) is 23.1 Å². The number of rotatable bonds is 5. The number of amides is 2. The number of alkyl halides is 3. The fraction of sp³-hybridized carbons (Fsp3) is 0.692. The van der Waals surface area contributed by atoms with Crippen molar-refractivity contribution in [3.8, 4) is 0 Å². The predicted octanol–water partition coefficient (Wildman–Crippen LogP) is 2.30. The lowest BCUT2D eigenvalue weighted by Gasteiger charge is -2.27. The molecule has 0 radical (unpaired) electrons. The third-order valence-corrected chi connectivity index (χ3v) is 3.70. The molecule has 2 amide bonds. The highest BCUT2D eigenvalue weighted by atomic mass is 19.4. The van der Waals surface area contributed by atoms with Crippen molar-refractivity contribution in [2.45, 2.75) is 44.4 Å². The molecule has 1 saturated carbocycles. The van der Waals surface area contributed by atoms with Crippen LogP contribution in [0.25, 0.3) is 0 Å². The molecule has 1 heterocycles. The van der Waals surface area contributed by atoms with Gasteiger partial charge in [0, 0.05) is 18.9 Å². The third-order valence-electron chi connectivity index (χ3n) is 3.70. The molecular weight excluding hydrogens is 285 g/mol. The Morgan fingerprint density at radius 3 is 2.67 bits per heavy atom. The van der Waals surface area contributed by atoms with Crippen molar-refractivity contribution in [2.75, 3.05) is 6.54 Å². The molecule has 0 aromatic carbocycles. The van der Waals surface area contributed by atoms with Gasteiger partial charge in [-0.2, -0.15) is 18.3 Å². The van der Waals surface area contributed by atoms with E-state index in [9.17, 15) is 18.0 Å². The van der Waals surface area contributed by atoms with Crippen LogP contribution in [0.3, 0.4) is 0 Å². The minimum Gasteiger partial charge on any atom is -0.336 e. The number of urea groups is 1. The molecule has 1 aliphatic carbocycles. The Morgan fingerprint density at radius 1 is 1.38 bits per heavy atom. The Labute approximate surface area is 120 Å². The van der Waals surface area contributed by atoms with Gasteiger partial charge in [0.15, 0.2) is 0 Å². The summed E-state index contributed by atoms with van der Waals surface area (Å²) in [6.45, 7) is 0.642. The fourth-order valence-electron chi connectivity index (χ4n) is 2.67. The molecule has 2 rings (SSSR count). The molecule has 0 bridgehead atoms. The number of hydrogen-bond donors (Lipinski definition) is 2. The minimum absolute atomic E-state index is 0.225. The van der Waals surface area contributed by atoms with Gasteiger partial charge in [0.2, 0.25) is 0 Å². The Hall–Kier alpha value is -1.73. The third kappa shape index (κ3) is 4.64. The monoisotopic (exact) mass is 304 g/mol. The van der Waals surface area contributed by atoms with Crippen LogP contribution in [0.15, 0.2) is 18.5 Å². The SMILES string of the molecule is O=C(NCCn1cccn1)N[C@@H](C1CCCC1)C(F)(F)F. The lowest BCUT2D eigenvalue weighted by molar-refractivity contribution is -0.164. The molecule has 0 saturated heterocycles. The van der Waals surface area contributed by atoms with Crippen LogP contribution in [-0.2, 0) is 6.54 Å². The molecule has 0 spiro atoms. The molecule has 1 atom stereocenters. The summed E-state index contributed by atoms with van der Waals surface area (Å²) in [4.78, 5) is 11.6. The van der Waals surface area contributed by atoms with Crippen LogP contribution < -0.4 is 10.6 Å². The zero-order valence-electron chi connectivity index (χ0n) is 11.6. The van der Waals surface area contributed by atoms with E-state index in [0.29, 0.717) is 19.4 Å². The highest BCUT2D eigenvalue weighted by Gasteiger charge is 2.46. The predicted molar refractivity (Wildman–Crippen MR) is 70.6 cm³/mol. The standard InChI is InChI=1S/C13H19F3N4O/c14-13(15,16)11(10-4-1-2-5-10)19-12(21)17-7-9-20-8-3-6-18-20/h3,6,8,10-11H,1-2,4-5,7,9H2,(H2,17,19,21)/t11-/m0/s1. The van der Waals surface area contributed by atoms with Gasteiger partial charge in [-0.1, -0.05) is 12.8 Å². The Morgan fingerprint density at radius 2 is 2.10 bits per heavy atom. The highest BCUT2D eigenvalue weighted by Crippen LogP contribution is 2.35. The first-order chi connectivity index (χ1) is 9.97. The number of carbonyl (C=O) groups is 1. The largest absolute Gasteiger partial charge is 0.408 e. The molecule has 1 fully saturated rings. The Bertz CT molecular complexity index is 441. The molecule has 118 valence electrons. The van der Waals surface area contributed by atoms with Crippen LogP contribution in [0.1, 0.15) is 25.7 Å². The first-order valence-corrected chi connectivity index (χ1v) is 7.05. The molecule has 1 aromatic heterocycles. The number of aromatic nitrogens is 2. The van der Waals surface area contributed by atoms with E-state index in [-0.39, 0.29) is 6.54 Å². The molecule has 1 aliphatic rings. The average Bonchev–Trinajstić information content (AvgIpc) is 3.07. The number of hydrogen-bond acceptors (Lipinski definition) is 2. The normalized spacial score (nSPS) is 17.7. The van der Waals surface area contributed by atoms with Crippen LogP contribution in [0.4, 0.5) is 18.0 Å². The van der Waals surface area contributed by atoms with E-state index in [2.05, 4.69) is 15.7 Å². The molecule has 8 heteroatoms. The summed E-state index contributed by atoms with van der Waals surface area (Å²) < 4.78 is 40.7. The van der Waals surface area contributed by atoms with Gasteiger partial charge in [0.05, 0.1) is 6.54 Å². The van der Waals surface area contributed by atoms with Gasteiger partial charge in [0.25, 0.3) is 0 Å². The maximum Gasteiger partial charge on any atom is 0.408 e. The molecule has 0 unspecified atom stereocenters. The van der Waals surface area contributed by atoms with Gasteiger partial charge in [0.1, 0.15) is 6.04 Å². The van der Waals surface area contributed by atoms with Gasteiger partial charge in [-0.25, -0.2) is 4.79 Å². The Kier molecular flexibility index (Phi) is 5.08. The van der Waals surface area contributed by atoms with E-state index in [0.717, 1.165) is 12.8 Å². The molecular formula is C13H19F3N4O. The van der Waals surface area contributed by atoms with E-state index in [1.165, 1.54) is 0 Å². The van der Waals surface area contributed by atoms with Crippen molar-refractivity contribution in [1.82, 2.24) is 20.4 Å². The molecule has 2 N–H and O–H groups in total. The average molecular weight is 304 g/mol. The fourth-order valence-corrected chi connectivity index (χ4v) is 2.67. The molecule has 0 aliphatic heterocycles. The summed E-state index contributed by atoms with van der Waals surface area (Å²) in [5.41, 5.74) is 0. The summed E-state index contributed by atoms with van der Waals surface area (Å²) in [7, 11) is 0. The first kappa shape index (κ1) is 15.7. The van der Waals surface area contributed by atoms with Gasteiger partial charge in [-0.3, -0.25) is 4.68 Å². The summed E-state index contributed by atoms with van der Waals surface area (Å²) in [6.07, 6.45) is 1.51. The van der Waals surface area contributed by atoms with E-state index in [1.807, 2.05) is 0 Å². The smallest absolute Gasteiger partial charge is 0.336 e. The van der Waals surface area contributed by atoms with Crippen molar-refractivity contribution < 1.29 is 18.0 Å². The van der Waals surface area contributed by atoms with Crippen molar-refractivity contribution >= 4 is 6.03 Å². The van der Waals surface area contributed by atoms with Crippen molar-refractivity contribution in [3.63, 3.8) is 0 Å². The van der Waals surface area contributed by atoms with E-state index in [4.69, 9.17) is 0 Å². The van der Waals surface area contributed by atoms with Crippen molar-refractivity contribution in [1.29, 1.82) is 0 Å². The van der Waals surface area contributed by atoms with E-state index >= 15 is 0 Å². The van der Waals surface area contributed by atoms with Crippen LogP contribution in [0.5, 0.6) is 0 Å². The number of carbonyl (C=O) groups excluding carboxylic acids is 1. The second kappa shape index (κ2) is 6.82. The van der Waals surface area contributed by atoms with Crippen molar-refractivity contribution in [3.05, 3.63) is 18.5 Å². The van der Waals surface area contributed by atoms with Crippen LogP contribution >= 0.6 is 0 Å². The lowest BCUT2D eigenvalue weighted by atomic mass is 9.98. The van der Waals surface area contributed by atoms with Gasteiger partial charge >= 0.3 is 12.2 Å². The quantitative estimate of drug-likeness (QED) is 0.877. The zero-order valence-corrected chi connectivity index (χ0v) is 11.6. The maximum absolute atomic E-state index is 13.0. The molecule has 21 heavy (non-hydrogen) atoms. The highest BCUT2D eigenvalue weighted by molar-refractivity contribution is 5.74. The summed E-state index contributed by atoms with van der Waals surface area (Å²) in [6, 6.07) is -0.805. The summed E-state index contributed by atoms with van der Waals surface area (Å²) in [5, 5.41) is 8.45. The summed E-state index contributed by atoms with van der Waals surface area (Å²) >= 11 is 0. The number of halogens is 3. The van der Waals surface area contributed by atoms with Gasteiger partial charge < -0.3 is 10.6 Å².